The van der Waals surface area contributed by atoms with Gasteiger partial charge >= 0.3 is 0 Å². The molecule has 5 nitrogen and oxygen atoms in total. The minimum absolute atomic E-state index is 0.0352. The van der Waals surface area contributed by atoms with E-state index in [1.807, 2.05) is 0 Å². The topological polar surface area (TPSA) is 76.3 Å². The van der Waals surface area contributed by atoms with E-state index in [-0.39, 0.29) is 22.6 Å². The van der Waals surface area contributed by atoms with Gasteiger partial charge in [0.25, 0.3) is 11.8 Å². The molecule has 1 aromatic heterocycles. The van der Waals surface area contributed by atoms with Gasteiger partial charge in [0.2, 0.25) is 0 Å². The van der Waals surface area contributed by atoms with Crippen LogP contribution in [0, 0.1) is 5.82 Å². The maximum Gasteiger partial charge on any atom is 0.284 e. The number of carbonyl (C=O) groups excluding carboxylic acids is 2. The van der Waals surface area contributed by atoms with Gasteiger partial charge in [0.05, 0.1) is 16.9 Å². The summed E-state index contributed by atoms with van der Waals surface area (Å²) in [4.78, 5) is 29.0. The summed E-state index contributed by atoms with van der Waals surface area (Å²) in [6.07, 6.45) is 1.42. The lowest BCUT2D eigenvalue weighted by molar-refractivity contribution is 0.0925. The number of hydrogen-bond donors (Lipinski definition) is 1. The van der Waals surface area contributed by atoms with Crippen molar-refractivity contribution in [1.82, 2.24) is 4.98 Å². The number of fused-ring (bicyclic) bond motifs is 1. The van der Waals surface area contributed by atoms with Gasteiger partial charge in [-0.1, -0.05) is 0 Å². The third kappa shape index (κ3) is 1.57. The molecule has 6 heteroatoms. The number of pyridine rings is 1. The maximum atomic E-state index is 13.3. The molecule has 0 fully saturated rings. The molecule has 0 radical (unpaired) electrons. The third-order valence-electron chi connectivity index (χ3n) is 2.88. The van der Waals surface area contributed by atoms with E-state index in [9.17, 15) is 14.0 Å². The highest BCUT2D eigenvalue weighted by Gasteiger charge is 2.38. The average molecular weight is 257 g/mol. The molecule has 0 saturated carbocycles. The van der Waals surface area contributed by atoms with Gasteiger partial charge in [-0.3, -0.25) is 14.6 Å². The fraction of sp³-hybridized carbons (Fsp3) is 0. The number of anilines is 2. The molecule has 1 aliphatic heterocycles. The van der Waals surface area contributed by atoms with E-state index < -0.39 is 17.6 Å². The summed E-state index contributed by atoms with van der Waals surface area (Å²) >= 11 is 0. The summed E-state index contributed by atoms with van der Waals surface area (Å²) < 4.78 is 13.3. The second-order valence-corrected chi connectivity index (χ2v) is 4.05. The van der Waals surface area contributed by atoms with E-state index in [0.717, 1.165) is 17.0 Å². The van der Waals surface area contributed by atoms with Crippen molar-refractivity contribution in [3.8, 4) is 0 Å². The molecule has 0 saturated heterocycles. The number of hydrogen-bond acceptors (Lipinski definition) is 4. The Labute approximate surface area is 107 Å². The van der Waals surface area contributed by atoms with Crippen LogP contribution >= 0.6 is 0 Å². The van der Waals surface area contributed by atoms with Crippen LogP contribution in [0.5, 0.6) is 0 Å². The number of aromatic nitrogens is 1. The van der Waals surface area contributed by atoms with Crippen molar-refractivity contribution < 1.29 is 14.0 Å². The van der Waals surface area contributed by atoms with Gasteiger partial charge in [-0.25, -0.2) is 9.29 Å². The van der Waals surface area contributed by atoms with E-state index in [1.54, 1.807) is 6.07 Å². The molecule has 0 bridgehead atoms. The number of carbonyl (C=O) groups is 2. The van der Waals surface area contributed by atoms with E-state index in [1.165, 1.54) is 18.3 Å². The zero-order chi connectivity index (χ0) is 13.6. The lowest BCUT2D eigenvalue weighted by Crippen LogP contribution is -2.30. The molecule has 0 atom stereocenters. The van der Waals surface area contributed by atoms with Gasteiger partial charge in [-0.2, -0.15) is 0 Å². The Hall–Kier alpha value is -2.76. The van der Waals surface area contributed by atoms with Crippen LogP contribution in [0.4, 0.5) is 15.8 Å². The molecule has 2 aromatic rings. The number of benzene rings is 1. The van der Waals surface area contributed by atoms with Crippen molar-refractivity contribution in [2.24, 2.45) is 0 Å². The van der Waals surface area contributed by atoms with Crippen LogP contribution in [-0.4, -0.2) is 16.8 Å². The molecular formula is C13H8FN3O2. The van der Waals surface area contributed by atoms with Crippen molar-refractivity contribution in [2.75, 3.05) is 10.6 Å². The number of halogens is 1. The van der Waals surface area contributed by atoms with Crippen molar-refractivity contribution in [1.29, 1.82) is 0 Å². The van der Waals surface area contributed by atoms with Crippen molar-refractivity contribution >= 4 is 23.2 Å². The molecule has 2 heterocycles. The van der Waals surface area contributed by atoms with Crippen LogP contribution in [0.3, 0.4) is 0 Å². The minimum Gasteiger partial charge on any atom is -0.397 e. The van der Waals surface area contributed by atoms with Gasteiger partial charge in [0.1, 0.15) is 11.5 Å². The highest BCUT2D eigenvalue weighted by atomic mass is 19.1. The molecule has 94 valence electrons. The number of amides is 2. The van der Waals surface area contributed by atoms with Gasteiger partial charge in [0.15, 0.2) is 0 Å². The Bertz CT molecular complexity index is 680. The number of nitrogens with two attached hydrogens (primary N) is 1. The van der Waals surface area contributed by atoms with Gasteiger partial charge in [-0.15, -0.1) is 0 Å². The quantitative estimate of drug-likeness (QED) is 0.622. The fourth-order valence-electron chi connectivity index (χ4n) is 2.00. The average Bonchev–Trinajstić information content (AvgIpc) is 2.66. The van der Waals surface area contributed by atoms with Crippen LogP contribution in [0.25, 0.3) is 0 Å². The van der Waals surface area contributed by atoms with E-state index in [2.05, 4.69) is 4.98 Å². The Balaban J connectivity index is 2.17. The number of nitrogen functional groups attached to an aromatic ring is 1. The van der Waals surface area contributed by atoms with Crippen LogP contribution in [0.1, 0.15) is 20.8 Å². The van der Waals surface area contributed by atoms with Crippen LogP contribution in [0.2, 0.25) is 0 Å². The first kappa shape index (κ1) is 11.3. The predicted octanol–water partition coefficient (Wildman–Crippen LogP) is 1.60. The summed E-state index contributed by atoms with van der Waals surface area (Å²) in [5.41, 5.74) is 6.12. The van der Waals surface area contributed by atoms with Gasteiger partial charge in [-0.05, 0) is 24.3 Å². The summed E-state index contributed by atoms with van der Waals surface area (Å²) in [5, 5.41) is 0. The SMILES string of the molecule is Nc1ccc(F)cc1N1C(=O)c2cccnc2C1=O. The monoisotopic (exact) mass is 257 g/mol. The lowest BCUT2D eigenvalue weighted by atomic mass is 10.2. The van der Waals surface area contributed by atoms with Crippen molar-refractivity contribution in [3.05, 3.63) is 53.6 Å². The molecular weight excluding hydrogens is 249 g/mol. The van der Waals surface area contributed by atoms with Crippen LogP contribution in [0.15, 0.2) is 36.5 Å². The first-order valence-electron chi connectivity index (χ1n) is 5.48. The normalized spacial score (nSPS) is 13.8. The van der Waals surface area contributed by atoms with E-state index in [4.69, 9.17) is 5.73 Å². The summed E-state index contributed by atoms with van der Waals surface area (Å²) in [6, 6.07) is 6.58. The molecule has 1 aliphatic rings. The van der Waals surface area contributed by atoms with Gasteiger partial charge < -0.3 is 5.73 Å². The first-order valence-corrected chi connectivity index (χ1v) is 5.48. The molecule has 1 aromatic carbocycles. The maximum absolute atomic E-state index is 13.3. The summed E-state index contributed by atoms with van der Waals surface area (Å²) in [5.74, 6) is -1.72. The molecule has 19 heavy (non-hydrogen) atoms. The summed E-state index contributed by atoms with van der Waals surface area (Å²) in [6.45, 7) is 0. The highest BCUT2D eigenvalue weighted by molar-refractivity contribution is 6.34. The van der Waals surface area contributed by atoms with Crippen molar-refractivity contribution in [3.63, 3.8) is 0 Å². The van der Waals surface area contributed by atoms with E-state index >= 15 is 0 Å². The minimum atomic E-state index is -0.599. The highest BCUT2D eigenvalue weighted by Crippen LogP contribution is 2.31. The standard InChI is InChI=1S/C13H8FN3O2/c14-7-3-4-9(15)10(6-7)17-12(18)8-2-1-5-16-11(8)13(17)19/h1-6H,15H2. The Kier molecular flexibility index (Phi) is 2.31. The first-order chi connectivity index (χ1) is 9.09. The number of nitrogens with zero attached hydrogens (tertiary/aromatic N) is 2. The number of rotatable bonds is 1. The Morgan fingerprint density at radius 2 is 1.95 bits per heavy atom. The molecule has 0 spiro atoms. The second kappa shape index (κ2) is 3.88. The largest absolute Gasteiger partial charge is 0.397 e. The molecule has 2 N–H and O–H groups in total. The van der Waals surface area contributed by atoms with Gasteiger partial charge in [0, 0.05) is 12.3 Å². The smallest absolute Gasteiger partial charge is 0.284 e. The molecule has 0 unspecified atom stereocenters. The zero-order valence-corrected chi connectivity index (χ0v) is 9.63. The molecule has 2 amide bonds. The predicted molar refractivity (Wildman–Crippen MR) is 66.2 cm³/mol. The van der Waals surface area contributed by atoms with Crippen molar-refractivity contribution in [2.45, 2.75) is 0 Å². The van der Waals surface area contributed by atoms with Crippen LogP contribution < -0.4 is 10.6 Å². The lowest BCUT2D eigenvalue weighted by Gasteiger charge is -2.15. The van der Waals surface area contributed by atoms with E-state index in [0.29, 0.717) is 0 Å². The fourth-order valence-corrected chi connectivity index (χ4v) is 2.00. The number of imide groups is 1. The van der Waals surface area contributed by atoms with Crippen LogP contribution in [-0.2, 0) is 0 Å². The zero-order valence-electron chi connectivity index (χ0n) is 9.63. The summed E-state index contributed by atoms with van der Waals surface area (Å²) in [7, 11) is 0. The Morgan fingerprint density at radius 1 is 1.16 bits per heavy atom. The molecule has 0 aliphatic carbocycles. The Morgan fingerprint density at radius 3 is 2.68 bits per heavy atom. The second-order valence-electron chi connectivity index (χ2n) is 4.05. The molecule has 3 rings (SSSR count). The third-order valence-corrected chi connectivity index (χ3v) is 2.88.